The molecule has 0 spiro atoms. The molecule has 1 saturated heterocycles. The number of hydrogen-bond acceptors (Lipinski definition) is 3. The highest BCUT2D eigenvalue weighted by Crippen LogP contribution is 2.42. The van der Waals surface area contributed by atoms with Crippen LogP contribution in [0.2, 0.25) is 0 Å². The largest absolute Gasteiger partial charge is 0.372 e. The summed E-state index contributed by atoms with van der Waals surface area (Å²) in [6.45, 7) is 1.41. The van der Waals surface area contributed by atoms with Gasteiger partial charge in [0.2, 0.25) is 0 Å². The topological polar surface area (TPSA) is 49.9 Å². The van der Waals surface area contributed by atoms with E-state index in [9.17, 15) is 8.78 Å². The quantitative estimate of drug-likeness (QED) is 0.872. The number of piperidine rings is 1. The summed E-state index contributed by atoms with van der Waals surface area (Å²) in [5, 5.41) is 10.4. The summed E-state index contributed by atoms with van der Waals surface area (Å²) in [4.78, 5) is 0. The lowest BCUT2D eigenvalue weighted by atomic mass is 10.0. The summed E-state index contributed by atoms with van der Waals surface area (Å²) in [5.74, 6) is -0.185. The van der Waals surface area contributed by atoms with Gasteiger partial charge in [-0.3, -0.25) is 5.10 Å². The first kappa shape index (κ1) is 15.5. The van der Waals surface area contributed by atoms with Crippen molar-refractivity contribution in [3.8, 4) is 11.3 Å². The van der Waals surface area contributed by atoms with Crippen molar-refractivity contribution < 1.29 is 13.5 Å². The van der Waals surface area contributed by atoms with Gasteiger partial charge in [0.1, 0.15) is 11.6 Å². The number of fused-ring (bicyclic) bond motifs is 2. The minimum absolute atomic E-state index is 0.0592. The summed E-state index contributed by atoms with van der Waals surface area (Å²) < 4.78 is 34.8. The molecule has 132 valence electrons. The average Bonchev–Trinajstić information content (AvgIpc) is 3.00. The third-order valence-electron chi connectivity index (χ3n) is 5.75. The zero-order valence-electron chi connectivity index (χ0n) is 13.9. The number of H-pyrrole nitrogens is 1. The second kappa shape index (κ2) is 5.88. The minimum Gasteiger partial charge on any atom is -0.372 e. The van der Waals surface area contributed by atoms with E-state index in [4.69, 9.17) is 4.74 Å². The number of rotatable bonds is 5. The van der Waals surface area contributed by atoms with Gasteiger partial charge >= 0.3 is 0 Å². The molecular weight excluding hydrogens is 324 g/mol. The second-order valence-corrected chi connectivity index (χ2v) is 7.60. The van der Waals surface area contributed by atoms with Crippen LogP contribution in [0.1, 0.15) is 42.9 Å². The lowest BCUT2D eigenvalue weighted by Crippen LogP contribution is -2.34. The lowest BCUT2D eigenvalue weighted by molar-refractivity contribution is 0.00801. The molecule has 0 radical (unpaired) electrons. The van der Waals surface area contributed by atoms with E-state index in [0.29, 0.717) is 30.2 Å². The smallest absolute Gasteiger partial charge is 0.135 e. The maximum Gasteiger partial charge on any atom is 0.135 e. The zero-order valence-corrected chi connectivity index (χ0v) is 13.9. The number of hydrogen-bond donors (Lipinski definition) is 2. The molecular formula is C19H21F2N3O. The predicted octanol–water partition coefficient (Wildman–Crippen LogP) is 3.50. The number of benzene rings is 1. The van der Waals surface area contributed by atoms with Gasteiger partial charge in [-0.2, -0.15) is 5.10 Å². The van der Waals surface area contributed by atoms with Crippen molar-refractivity contribution >= 4 is 0 Å². The van der Waals surface area contributed by atoms with Gasteiger partial charge in [-0.15, -0.1) is 0 Å². The van der Waals surface area contributed by atoms with Gasteiger partial charge in [-0.05, 0) is 61.3 Å². The van der Waals surface area contributed by atoms with Gasteiger partial charge in [0.15, 0.2) is 0 Å². The summed E-state index contributed by atoms with van der Waals surface area (Å²) in [6.07, 6.45) is 4.52. The van der Waals surface area contributed by atoms with Crippen molar-refractivity contribution in [2.24, 2.45) is 5.92 Å². The van der Waals surface area contributed by atoms with Gasteiger partial charge < -0.3 is 10.1 Å². The van der Waals surface area contributed by atoms with Gasteiger partial charge in [0, 0.05) is 12.6 Å². The Morgan fingerprint density at radius 3 is 2.56 bits per heavy atom. The van der Waals surface area contributed by atoms with Crippen LogP contribution in [-0.2, 0) is 11.3 Å². The molecule has 4 nitrogen and oxygen atoms in total. The van der Waals surface area contributed by atoms with E-state index in [1.54, 1.807) is 6.07 Å². The third kappa shape index (κ3) is 2.87. The molecule has 6 heteroatoms. The Hall–Kier alpha value is -1.79. The van der Waals surface area contributed by atoms with Gasteiger partial charge in [0.25, 0.3) is 0 Å². The van der Waals surface area contributed by atoms with E-state index in [2.05, 4.69) is 15.5 Å². The van der Waals surface area contributed by atoms with E-state index in [1.807, 2.05) is 0 Å². The van der Waals surface area contributed by atoms with Crippen molar-refractivity contribution in [2.75, 3.05) is 6.54 Å². The Morgan fingerprint density at radius 2 is 1.92 bits per heavy atom. The Bertz CT molecular complexity index is 779. The molecule has 1 aromatic carbocycles. The van der Waals surface area contributed by atoms with Crippen LogP contribution >= 0.6 is 0 Å². The van der Waals surface area contributed by atoms with E-state index >= 15 is 0 Å². The maximum absolute atomic E-state index is 14.4. The summed E-state index contributed by atoms with van der Waals surface area (Å²) in [6, 6.07) is 5.16. The Morgan fingerprint density at radius 1 is 1.12 bits per heavy atom. The number of nitrogens with one attached hydrogen (secondary N) is 2. The molecule has 2 N–H and O–H groups in total. The Balaban J connectivity index is 1.31. The molecule has 2 saturated carbocycles. The van der Waals surface area contributed by atoms with E-state index < -0.39 is 11.6 Å². The number of nitrogens with zero attached hydrogens (tertiary/aromatic N) is 1. The molecule has 1 aliphatic heterocycles. The van der Waals surface area contributed by atoms with Crippen molar-refractivity contribution in [2.45, 2.75) is 50.4 Å². The number of aromatic nitrogens is 2. The van der Waals surface area contributed by atoms with Crippen LogP contribution in [0.3, 0.4) is 0 Å². The molecule has 2 heterocycles. The van der Waals surface area contributed by atoms with Crippen molar-refractivity contribution in [1.82, 2.24) is 15.5 Å². The maximum atomic E-state index is 14.4. The SMILES string of the molecule is Fc1cc(C2CC2)cc(F)c1-c1cc(CO[C@@H]2C[C@@H]3C[C@H]2CN3)[nH]n1. The molecule has 5 rings (SSSR count). The number of halogens is 2. The number of aromatic amines is 1. The highest BCUT2D eigenvalue weighted by molar-refractivity contribution is 5.62. The fourth-order valence-electron chi connectivity index (χ4n) is 4.24. The highest BCUT2D eigenvalue weighted by atomic mass is 19.1. The fourth-order valence-corrected chi connectivity index (χ4v) is 4.24. The van der Waals surface area contributed by atoms with E-state index in [-0.39, 0.29) is 11.7 Å². The van der Waals surface area contributed by atoms with Crippen LogP contribution in [0.15, 0.2) is 18.2 Å². The first-order chi connectivity index (χ1) is 12.2. The lowest BCUT2D eigenvalue weighted by Gasteiger charge is -2.22. The predicted molar refractivity (Wildman–Crippen MR) is 89.0 cm³/mol. The van der Waals surface area contributed by atoms with Crippen molar-refractivity contribution in [1.29, 1.82) is 0 Å². The van der Waals surface area contributed by atoms with Crippen LogP contribution in [0.25, 0.3) is 11.3 Å². The molecule has 2 aromatic rings. The molecule has 3 atom stereocenters. The molecule has 0 amide bonds. The molecule has 3 aliphatic rings. The van der Waals surface area contributed by atoms with Gasteiger partial charge in [-0.1, -0.05) is 0 Å². The van der Waals surface area contributed by atoms with Gasteiger partial charge in [0.05, 0.1) is 29.7 Å². The van der Waals surface area contributed by atoms with Gasteiger partial charge in [-0.25, -0.2) is 8.78 Å². The Kier molecular flexibility index (Phi) is 3.64. The molecule has 1 aromatic heterocycles. The molecule has 3 fully saturated rings. The monoisotopic (exact) mass is 345 g/mol. The fraction of sp³-hybridized carbons (Fsp3) is 0.526. The molecule has 0 unspecified atom stereocenters. The number of ether oxygens (including phenoxy) is 1. The average molecular weight is 345 g/mol. The second-order valence-electron chi connectivity index (χ2n) is 7.60. The normalized spacial score (nSPS) is 28.0. The molecule has 2 bridgehead atoms. The van der Waals surface area contributed by atoms with Crippen LogP contribution in [-0.4, -0.2) is 28.9 Å². The van der Waals surface area contributed by atoms with E-state index in [0.717, 1.165) is 37.1 Å². The van der Waals surface area contributed by atoms with Crippen molar-refractivity contribution in [3.63, 3.8) is 0 Å². The van der Waals surface area contributed by atoms with Crippen LogP contribution in [0.4, 0.5) is 8.78 Å². The summed E-state index contributed by atoms with van der Waals surface area (Å²) >= 11 is 0. The molecule has 2 aliphatic carbocycles. The highest BCUT2D eigenvalue weighted by Gasteiger charge is 2.40. The van der Waals surface area contributed by atoms with Crippen molar-refractivity contribution in [3.05, 3.63) is 41.1 Å². The third-order valence-corrected chi connectivity index (χ3v) is 5.75. The Labute approximate surface area is 145 Å². The van der Waals surface area contributed by atoms with Crippen LogP contribution in [0.5, 0.6) is 0 Å². The first-order valence-corrected chi connectivity index (χ1v) is 9.06. The first-order valence-electron chi connectivity index (χ1n) is 9.06. The summed E-state index contributed by atoms with van der Waals surface area (Å²) in [5.41, 5.74) is 1.74. The zero-order chi connectivity index (χ0) is 17.0. The van der Waals surface area contributed by atoms with Crippen LogP contribution in [0, 0.1) is 17.6 Å². The minimum atomic E-state index is -0.542. The van der Waals surface area contributed by atoms with Crippen LogP contribution < -0.4 is 5.32 Å². The summed E-state index contributed by atoms with van der Waals surface area (Å²) in [7, 11) is 0. The molecule has 25 heavy (non-hydrogen) atoms. The standard InChI is InChI=1S/C19H21F2N3O/c20-15-4-11(10-1-2-10)5-16(21)19(15)17-6-14(23-24-17)9-25-18-7-13-3-12(18)8-22-13/h4-6,10,12-13,18,22H,1-3,7-9H2,(H,23,24)/t12-,13-,18+/m0/s1. The van der Waals surface area contributed by atoms with E-state index in [1.165, 1.54) is 18.6 Å².